The Bertz CT molecular complexity index is 2930. The van der Waals surface area contributed by atoms with Gasteiger partial charge in [-0.25, -0.2) is 15.0 Å². The van der Waals surface area contributed by atoms with Crippen molar-refractivity contribution in [1.82, 2.24) is 29.0 Å². The van der Waals surface area contributed by atoms with Crippen LogP contribution in [-0.4, -0.2) is 103 Å². The third-order valence-electron chi connectivity index (χ3n) is 14.8. The molecule has 3 atom stereocenters. The molecule has 0 saturated carbocycles. The van der Waals surface area contributed by atoms with E-state index in [9.17, 15) is 32.7 Å². The lowest BCUT2D eigenvalue weighted by Crippen LogP contribution is -2.58. The number of aryl methyl sites for hydroxylation is 1. The van der Waals surface area contributed by atoms with Crippen molar-refractivity contribution in [3.8, 4) is 11.3 Å². The van der Waals surface area contributed by atoms with Crippen LogP contribution in [-0.2, 0) is 43.3 Å². The number of alkyl halides is 3. The number of carbonyl (C=O) groups excluding carboxylic acids is 2. The maximum absolute atomic E-state index is 14.1. The zero-order valence-electron chi connectivity index (χ0n) is 40.9. The Morgan fingerprint density at radius 1 is 0.971 bits per heavy atom. The topological polar surface area (TPSA) is 157 Å². The second kappa shape index (κ2) is 18.3. The molecule has 1 unspecified atom stereocenters. The summed E-state index contributed by atoms with van der Waals surface area (Å²) >= 11 is 0. The first-order valence-corrected chi connectivity index (χ1v) is 24.0. The van der Waals surface area contributed by atoms with E-state index >= 15 is 0 Å². The van der Waals surface area contributed by atoms with E-state index in [4.69, 9.17) is 4.98 Å². The molecule has 3 aliphatic heterocycles. The first-order chi connectivity index (χ1) is 33.2. The number of fused-ring (bicyclic) bond motifs is 3. The standard InChI is InChI=1S/C52H62F3N11O4/c1-9-45(68)58-38-25-34(13-14-40(38)63-20-19-62(28-32(63)3)35-16-18-64(31(2)23-35)44-12-10-11-43(60-44)51(6,7)52(53,54)55)57-46-49(70)61(8)29-39(59-46)36-15-17-56-47(37(36)30-67)66-22-21-65-41(48(66)69)24-33-26-50(4,5)27-42(33)65/h9-15,17,24-25,29,31-32,35,67H,1,16,18-23,26-28,30H2,2-8H3,(H,57,59)(H,58,68)/t31-,32-,35?/m0/s1. The Kier molecular flexibility index (Phi) is 12.7. The maximum Gasteiger partial charge on any atom is 0.399 e. The van der Waals surface area contributed by atoms with E-state index in [0.29, 0.717) is 71.7 Å². The highest BCUT2D eigenvalue weighted by Gasteiger charge is 2.50. The lowest BCUT2D eigenvalue weighted by Gasteiger charge is -2.48. The molecular weight excluding hydrogens is 900 g/mol. The number of nitrogens with zero attached hydrogens (tertiary/aromatic N) is 9. The molecular formula is C52H62F3N11O4. The van der Waals surface area contributed by atoms with Gasteiger partial charge < -0.3 is 34.7 Å². The van der Waals surface area contributed by atoms with Gasteiger partial charge in [-0.3, -0.25) is 24.2 Å². The van der Waals surface area contributed by atoms with Gasteiger partial charge in [0.1, 0.15) is 22.7 Å². The van der Waals surface area contributed by atoms with Crippen LogP contribution in [0.25, 0.3) is 11.3 Å². The molecule has 2 fully saturated rings. The molecule has 0 radical (unpaired) electrons. The van der Waals surface area contributed by atoms with Crippen molar-refractivity contribution in [2.24, 2.45) is 12.5 Å². The van der Waals surface area contributed by atoms with Crippen molar-refractivity contribution < 1.29 is 27.9 Å². The lowest BCUT2D eigenvalue weighted by molar-refractivity contribution is -0.181. The summed E-state index contributed by atoms with van der Waals surface area (Å²) in [6.45, 7) is 18.1. The minimum Gasteiger partial charge on any atom is -0.392 e. The number of piperidine rings is 1. The number of hydrogen-bond acceptors (Lipinski definition) is 11. The van der Waals surface area contributed by atoms with Crippen LogP contribution in [0.5, 0.6) is 0 Å². The molecule has 1 aliphatic carbocycles. The summed E-state index contributed by atoms with van der Waals surface area (Å²) in [5, 5.41) is 17.0. The van der Waals surface area contributed by atoms with E-state index in [2.05, 4.69) is 74.1 Å². The van der Waals surface area contributed by atoms with Gasteiger partial charge in [0.2, 0.25) is 5.91 Å². The van der Waals surface area contributed by atoms with Gasteiger partial charge >= 0.3 is 6.18 Å². The number of amides is 2. The number of pyridine rings is 2. The monoisotopic (exact) mass is 961 g/mol. The minimum atomic E-state index is -4.43. The van der Waals surface area contributed by atoms with Gasteiger partial charge in [0.15, 0.2) is 5.82 Å². The number of rotatable bonds is 11. The van der Waals surface area contributed by atoms with E-state index in [-0.39, 0.29) is 41.0 Å². The fourth-order valence-corrected chi connectivity index (χ4v) is 10.9. The smallest absolute Gasteiger partial charge is 0.392 e. The number of carbonyl (C=O) groups is 2. The van der Waals surface area contributed by atoms with Gasteiger partial charge in [-0.15, -0.1) is 0 Å². The first-order valence-electron chi connectivity index (χ1n) is 24.0. The number of halogens is 3. The molecule has 15 nitrogen and oxygen atoms in total. The number of anilines is 6. The highest BCUT2D eigenvalue weighted by Crippen LogP contribution is 2.42. The molecule has 2 saturated heterocycles. The van der Waals surface area contributed by atoms with E-state index in [1.54, 1.807) is 48.6 Å². The van der Waals surface area contributed by atoms with E-state index in [1.165, 1.54) is 28.0 Å². The van der Waals surface area contributed by atoms with Crippen molar-refractivity contribution in [3.63, 3.8) is 0 Å². The van der Waals surface area contributed by atoms with Crippen molar-refractivity contribution in [2.75, 3.05) is 58.1 Å². The van der Waals surface area contributed by atoms with Crippen LogP contribution in [0, 0.1) is 5.41 Å². The Hall–Kier alpha value is -6.53. The summed E-state index contributed by atoms with van der Waals surface area (Å²) in [4.78, 5) is 63.0. The van der Waals surface area contributed by atoms with Crippen LogP contribution in [0.3, 0.4) is 0 Å². The van der Waals surface area contributed by atoms with Gasteiger partial charge in [-0.1, -0.05) is 26.5 Å². The van der Waals surface area contributed by atoms with Gasteiger partial charge in [0.05, 0.1) is 29.4 Å². The number of hydrogen-bond donors (Lipinski definition) is 3. The van der Waals surface area contributed by atoms with Crippen LogP contribution in [0.4, 0.5) is 47.7 Å². The average Bonchev–Trinajstić information content (AvgIpc) is 3.82. The van der Waals surface area contributed by atoms with Crippen LogP contribution < -0.4 is 30.9 Å². The first kappa shape index (κ1) is 48.5. The predicted octanol–water partition coefficient (Wildman–Crippen LogP) is 7.59. The van der Waals surface area contributed by atoms with Gasteiger partial charge in [-0.2, -0.15) is 13.2 Å². The number of benzene rings is 1. The molecule has 0 bridgehead atoms. The highest BCUT2D eigenvalue weighted by atomic mass is 19.4. The second-order valence-corrected chi connectivity index (χ2v) is 20.6. The van der Waals surface area contributed by atoms with E-state index < -0.39 is 29.7 Å². The van der Waals surface area contributed by atoms with E-state index in [0.717, 1.165) is 58.3 Å². The fraction of sp³-hybridized carbons (Fsp3) is 0.462. The molecule has 2 amide bonds. The predicted molar refractivity (Wildman–Crippen MR) is 266 cm³/mol. The van der Waals surface area contributed by atoms with E-state index in [1.807, 2.05) is 18.2 Å². The molecule has 4 aliphatic rings. The summed E-state index contributed by atoms with van der Waals surface area (Å²) in [7, 11) is 1.62. The molecule has 370 valence electrons. The normalized spacial score (nSPS) is 20.6. The summed E-state index contributed by atoms with van der Waals surface area (Å²) in [5.41, 5.74) is 3.81. The number of aliphatic hydroxyl groups excluding tert-OH is 1. The number of piperazine rings is 1. The molecule has 9 rings (SSSR count). The SMILES string of the molecule is C=CC(=O)Nc1cc(Nc2nc(-c3ccnc(N4CCn5c(cc6c5CC(C)(C)C6)C4=O)c3CO)cn(C)c2=O)ccc1N1CCN(C2CCN(c3cccc(C(C)(C)C(F)(F)F)n3)[C@@H](C)C2)C[C@@H]1C. The summed E-state index contributed by atoms with van der Waals surface area (Å²) in [6, 6.07) is 14.5. The zero-order valence-corrected chi connectivity index (χ0v) is 40.9. The molecule has 7 heterocycles. The molecule has 70 heavy (non-hydrogen) atoms. The number of aliphatic hydroxyl groups is 1. The van der Waals surface area contributed by atoms with Crippen LogP contribution in [0.1, 0.15) is 87.4 Å². The van der Waals surface area contributed by atoms with Crippen molar-refractivity contribution in [1.29, 1.82) is 0 Å². The highest BCUT2D eigenvalue weighted by molar-refractivity contribution is 6.06. The van der Waals surface area contributed by atoms with Crippen molar-refractivity contribution >= 4 is 46.3 Å². The Balaban J connectivity index is 0.913. The van der Waals surface area contributed by atoms with Crippen LogP contribution in [0.2, 0.25) is 0 Å². The largest absolute Gasteiger partial charge is 0.399 e. The van der Waals surface area contributed by atoms with Gasteiger partial charge in [0, 0.05) is 99.3 Å². The molecule has 5 aromatic rings. The molecule has 1 aromatic carbocycles. The number of aromatic nitrogens is 5. The van der Waals surface area contributed by atoms with Gasteiger partial charge in [-0.05, 0) is 113 Å². The third-order valence-corrected chi connectivity index (χ3v) is 14.8. The maximum atomic E-state index is 14.1. The van der Waals surface area contributed by atoms with Crippen LogP contribution in [0.15, 0.2) is 78.4 Å². The van der Waals surface area contributed by atoms with Crippen molar-refractivity contribution in [3.05, 3.63) is 112 Å². The Morgan fingerprint density at radius 3 is 2.47 bits per heavy atom. The zero-order chi connectivity index (χ0) is 50.0. The lowest BCUT2D eigenvalue weighted by atomic mass is 9.88. The van der Waals surface area contributed by atoms with Crippen molar-refractivity contribution in [2.45, 2.75) is 110 Å². The summed E-state index contributed by atoms with van der Waals surface area (Å²) in [6.07, 6.45) is 3.42. The fourth-order valence-electron chi connectivity index (χ4n) is 10.9. The van der Waals surface area contributed by atoms with Crippen LogP contribution >= 0.6 is 0 Å². The quantitative estimate of drug-likeness (QED) is 0.112. The molecule has 4 aromatic heterocycles. The third kappa shape index (κ3) is 8.95. The molecule has 3 N–H and O–H groups in total. The van der Waals surface area contributed by atoms with Gasteiger partial charge in [0.25, 0.3) is 11.5 Å². The number of nitrogens with one attached hydrogen (secondary N) is 2. The Labute approximate surface area is 406 Å². The molecule has 0 spiro atoms. The minimum absolute atomic E-state index is 0.00305. The Morgan fingerprint density at radius 2 is 1.76 bits per heavy atom. The molecule has 18 heteroatoms. The summed E-state index contributed by atoms with van der Waals surface area (Å²) < 4.78 is 45.2. The average molecular weight is 962 g/mol. The second-order valence-electron chi connectivity index (χ2n) is 20.6. The summed E-state index contributed by atoms with van der Waals surface area (Å²) in [5.74, 6) is 0.324.